The van der Waals surface area contributed by atoms with Crippen molar-refractivity contribution in [3.05, 3.63) is 41.7 Å². The molecular weight excluding hydrogens is 336 g/mol. The van der Waals surface area contributed by atoms with Gasteiger partial charge in [0.1, 0.15) is 6.61 Å². The van der Waals surface area contributed by atoms with Crippen LogP contribution in [-0.4, -0.2) is 34.0 Å². The van der Waals surface area contributed by atoms with E-state index >= 15 is 0 Å². The van der Waals surface area contributed by atoms with Gasteiger partial charge in [-0.15, -0.1) is 0 Å². The van der Waals surface area contributed by atoms with Gasteiger partial charge in [-0.2, -0.15) is 0 Å². The molecule has 24 heavy (non-hydrogen) atoms. The Morgan fingerprint density at radius 2 is 2.21 bits per heavy atom. The molecular formula is C16H15F2N3O2S. The summed E-state index contributed by atoms with van der Waals surface area (Å²) in [6.45, 7) is 1.54. The minimum atomic E-state index is -1.00. The third-order valence-corrected chi connectivity index (χ3v) is 5.42. The molecule has 1 fully saturated rings. The Bertz CT molecular complexity index is 824. The van der Waals surface area contributed by atoms with Crippen molar-refractivity contribution in [2.45, 2.75) is 17.4 Å². The fourth-order valence-corrected chi connectivity index (χ4v) is 4.03. The number of fused-ring (bicyclic) bond motifs is 2. The Morgan fingerprint density at radius 3 is 2.92 bits per heavy atom. The van der Waals surface area contributed by atoms with Crippen molar-refractivity contribution >= 4 is 23.5 Å². The second kappa shape index (κ2) is 5.78. The molecule has 0 aliphatic carbocycles. The normalized spacial score (nSPS) is 19.5. The highest BCUT2D eigenvalue weighted by molar-refractivity contribution is 7.97. The molecule has 1 N–H and O–H groups in total. The van der Waals surface area contributed by atoms with Gasteiger partial charge in [0.15, 0.2) is 23.1 Å². The van der Waals surface area contributed by atoms with Crippen LogP contribution in [0.4, 0.5) is 14.5 Å². The second-order valence-corrected chi connectivity index (χ2v) is 6.94. The third kappa shape index (κ3) is 2.55. The zero-order chi connectivity index (χ0) is 16.8. The van der Waals surface area contributed by atoms with Crippen LogP contribution in [0.5, 0.6) is 5.75 Å². The van der Waals surface area contributed by atoms with Gasteiger partial charge in [0.2, 0.25) is 0 Å². The Morgan fingerprint density at radius 1 is 1.38 bits per heavy atom. The number of carbonyl (C=O) groups excluding carboxylic acids is 1. The van der Waals surface area contributed by atoms with E-state index in [0.29, 0.717) is 24.1 Å². The van der Waals surface area contributed by atoms with Crippen LogP contribution in [0.15, 0.2) is 29.3 Å². The molecule has 3 heterocycles. The van der Waals surface area contributed by atoms with Gasteiger partial charge in [-0.05, 0) is 30.5 Å². The molecule has 5 nitrogen and oxygen atoms in total. The van der Waals surface area contributed by atoms with Gasteiger partial charge >= 0.3 is 0 Å². The minimum absolute atomic E-state index is 0.193. The topological polar surface area (TPSA) is 46.5 Å². The first-order chi connectivity index (χ1) is 11.5. The van der Waals surface area contributed by atoms with Gasteiger partial charge in [0.25, 0.3) is 5.91 Å². The van der Waals surface area contributed by atoms with Crippen molar-refractivity contribution in [2.75, 3.05) is 18.5 Å². The first-order valence-corrected chi connectivity index (χ1v) is 8.33. The van der Waals surface area contributed by atoms with Crippen LogP contribution in [0.2, 0.25) is 0 Å². The number of carbonyl (C=O) groups is 1. The van der Waals surface area contributed by atoms with Crippen molar-refractivity contribution in [2.24, 2.45) is 7.05 Å². The van der Waals surface area contributed by atoms with Gasteiger partial charge in [-0.3, -0.25) is 4.79 Å². The molecule has 0 radical (unpaired) electrons. The third-order valence-electron chi connectivity index (χ3n) is 4.22. The van der Waals surface area contributed by atoms with Crippen molar-refractivity contribution in [3.8, 4) is 5.75 Å². The van der Waals surface area contributed by atoms with Gasteiger partial charge in [0.05, 0.1) is 10.9 Å². The van der Waals surface area contributed by atoms with Crippen molar-refractivity contribution in [1.82, 2.24) is 8.87 Å². The summed E-state index contributed by atoms with van der Waals surface area (Å²) in [6, 6.07) is 3.62. The predicted octanol–water partition coefficient (Wildman–Crippen LogP) is 3.03. The van der Waals surface area contributed by atoms with Crippen molar-refractivity contribution in [1.29, 1.82) is 0 Å². The average Bonchev–Trinajstić information content (AvgIpc) is 2.77. The molecule has 126 valence electrons. The number of nitrogens with zero attached hydrogens (tertiary/aromatic N) is 2. The van der Waals surface area contributed by atoms with Crippen molar-refractivity contribution < 1.29 is 18.3 Å². The Labute approximate surface area is 141 Å². The highest BCUT2D eigenvalue weighted by atomic mass is 32.2. The molecule has 8 heteroatoms. The SMILES string of the molecule is Cn1cc2c(c1C(=O)Nc1ccc(F)c(F)c1)OCC1CCN1S2. The first-order valence-electron chi connectivity index (χ1n) is 7.56. The number of nitrogens with one attached hydrogen (secondary N) is 1. The number of amides is 1. The number of aromatic nitrogens is 1. The van der Waals surface area contributed by atoms with Gasteiger partial charge in [-0.1, -0.05) is 0 Å². The van der Waals surface area contributed by atoms with E-state index in [1.165, 1.54) is 6.07 Å². The number of anilines is 1. The number of hydrogen-bond donors (Lipinski definition) is 1. The maximum atomic E-state index is 13.3. The standard InChI is InChI=1S/C16H15F2N3O2S/c1-20-7-13-15(23-8-10-4-5-21(10)24-13)14(20)16(22)19-9-2-3-11(17)12(18)6-9/h2-3,6-7,10H,4-5,8H2,1H3,(H,19,22). The van der Waals surface area contributed by atoms with Gasteiger partial charge in [0, 0.05) is 31.5 Å². The molecule has 1 atom stereocenters. The number of benzene rings is 1. The lowest BCUT2D eigenvalue weighted by Crippen LogP contribution is -2.45. The summed E-state index contributed by atoms with van der Waals surface area (Å²) in [7, 11) is 1.76. The van der Waals surface area contributed by atoms with E-state index in [1.807, 2.05) is 6.20 Å². The molecule has 2 aliphatic rings. The largest absolute Gasteiger partial charge is 0.488 e. The van der Waals surface area contributed by atoms with Gasteiger partial charge in [-0.25, -0.2) is 13.1 Å². The molecule has 2 aliphatic heterocycles. The smallest absolute Gasteiger partial charge is 0.276 e. The molecule has 1 unspecified atom stereocenters. The summed E-state index contributed by atoms with van der Waals surface area (Å²) >= 11 is 1.59. The van der Waals surface area contributed by atoms with Gasteiger partial charge < -0.3 is 14.6 Å². The second-order valence-electron chi connectivity index (χ2n) is 5.85. The molecule has 0 bridgehead atoms. The lowest BCUT2D eigenvalue weighted by molar-refractivity contribution is 0.100. The number of ether oxygens (including phenoxy) is 1. The summed E-state index contributed by atoms with van der Waals surface area (Å²) in [4.78, 5) is 13.5. The Balaban J connectivity index is 1.61. The monoisotopic (exact) mass is 351 g/mol. The number of hydrogen-bond acceptors (Lipinski definition) is 4. The van der Waals surface area contributed by atoms with Crippen LogP contribution in [0, 0.1) is 11.6 Å². The van der Waals surface area contributed by atoms with Crippen LogP contribution in [0.1, 0.15) is 16.9 Å². The van der Waals surface area contributed by atoms with Crippen LogP contribution in [-0.2, 0) is 7.05 Å². The number of halogens is 2. The summed E-state index contributed by atoms with van der Waals surface area (Å²) in [5.74, 6) is -1.84. The van der Waals surface area contributed by atoms with Crippen LogP contribution < -0.4 is 10.1 Å². The lowest BCUT2D eigenvalue weighted by Gasteiger charge is -2.36. The van der Waals surface area contributed by atoms with E-state index in [-0.39, 0.29) is 5.69 Å². The summed E-state index contributed by atoms with van der Waals surface area (Å²) in [5.41, 5.74) is 0.559. The van der Waals surface area contributed by atoms with Crippen molar-refractivity contribution in [3.63, 3.8) is 0 Å². The lowest BCUT2D eigenvalue weighted by atomic mass is 10.1. The van der Waals surface area contributed by atoms with Crippen LogP contribution in [0.25, 0.3) is 0 Å². The predicted molar refractivity (Wildman–Crippen MR) is 86.2 cm³/mol. The average molecular weight is 351 g/mol. The van der Waals surface area contributed by atoms with E-state index in [1.54, 1.807) is 23.6 Å². The zero-order valence-corrected chi connectivity index (χ0v) is 13.7. The molecule has 0 spiro atoms. The maximum Gasteiger partial charge on any atom is 0.276 e. The molecule has 1 saturated heterocycles. The Kier molecular flexibility index (Phi) is 3.73. The maximum absolute atomic E-state index is 13.3. The van der Waals surface area contributed by atoms with E-state index in [0.717, 1.165) is 30.0 Å². The summed E-state index contributed by atoms with van der Waals surface area (Å²) < 4.78 is 36.1. The highest BCUT2D eigenvalue weighted by Crippen LogP contribution is 2.43. The Hall–Kier alpha value is -2.06. The summed E-state index contributed by atoms with van der Waals surface area (Å²) in [5, 5.41) is 2.59. The zero-order valence-electron chi connectivity index (χ0n) is 12.9. The summed E-state index contributed by atoms with van der Waals surface area (Å²) in [6.07, 6.45) is 2.93. The van der Waals surface area contributed by atoms with Crippen LogP contribution in [0.3, 0.4) is 0 Å². The molecule has 1 amide bonds. The molecule has 2 aromatic rings. The van der Waals surface area contributed by atoms with E-state index < -0.39 is 17.5 Å². The van der Waals surface area contributed by atoms with Crippen LogP contribution >= 0.6 is 11.9 Å². The molecule has 4 rings (SSSR count). The molecule has 1 aromatic carbocycles. The molecule has 0 saturated carbocycles. The van der Waals surface area contributed by atoms with E-state index in [4.69, 9.17) is 4.74 Å². The number of rotatable bonds is 2. The minimum Gasteiger partial charge on any atom is -0.488 e. The van der Waals surface area contributed by atoms with E-state index in [9.17, 15) is 13.6 Å². The first kappa shape index (κ1) is 15.5. The van der Waals surface area contributed by atoms with E-state index in [2.05, 4.69) is 9.62 Å². The quantitative estimate of drug-likeness (QED) is 0.845. The highest BCUT2D eigenvalue weighted by Gasteiger charge is 2.35. The number of aryl methyl sites for hydroxylation is 1. The fraction of sp³-hybridized carbons (Fsp3) is 0.312. The fourth-order valence-electron chi connectivity index (χ4n) is 2.82. The molecule has 1 aromatic heterocycles.